The molecule has 29 heavy (non-hydrogen) atoms. The van der Waals surface area contributed by atoms with E-state index in [0.29, 0.717) is 13.1 Å². The quantitative estimate of drug-likeness (QED) is 0.800. The van der Waals surface area contributed by atoms with Crippen LogP contribution in [0.3, 0.4) is 0 Å². The van der Waals surface area contributed by atoms with Gasteiger partial charge in [0.05, 0.1) is 11.6 Å². The highest BCUT2D eigenvalue weighted by Crippen LogP contribution is 2.28. The third kappa shape index (κ3) is 4.48. The summed E-state index contributed by atoms with van der Waals surface area (Å²) in [5.74, 6) is -1.00. The van der Waals surface area contributed by atoms with Gasteiger partial charge in [0.15, 0.2) is 0 Å². The number of halogens is 1. The lowest BCUT2D eigenvalue weighted by Gasteiger charge is -2.24. The summed E-state index contributed by atoms with van der Waals surface area (Å²) >= 11 is 0. The van der Waals surface area contributed by atoms with Crippen molar-refractivity contribution in [3.63, 3.8) is 0 Å². The van der Waals surface area contributed by atoms with Crippen LogP contribution in [-0.4, -0.2) is 54.3 Å². The molecule has 0 radical (unpaired) electrons. The maximum absolute atomic E-state index is 14.1. The molecule has 2 aliphatic heterocycles. The summed E-state index contributed by atoms with van der Waals surface area (Å²) < 4.78 is 14.1. The molecule has 6 heteroatoms. The second kappa shape index (κ2) is 8.74. The first kappa shape index (κ1) is 19.6. The number of para-hydroxylation sites is 1. The molecule has 0 spiro atoms. The molecule has 1 atom stereocenters. The van der Waals surface area contributed by atoms with Gasteiger partial charge in [-0.3, -0.25) is 14.5 Å². The van der Waals surface area contributed by atoms with Crippen LogP contribution >= 0.6 is 0 Å². The Morgan fingerprint density at radius 2 is 1.72 bits per heavy atom. The summed E-state index contributed by atoms with van der Waals surface area (Å²) in [6, 6.07) is 16.6. The molecule has 2 aromatic carbocycles. The molecule has 2 aromatic rings. The summed E-state index contributed by atoms with van der Waals surface area (Å²) in [4.78, 5) is 31.2. The van der Waals surface area contributed by atoms with Crippen molar-refractivity contribution in [2.24, 2.45) is 5.92 Å². The largest absolute Gasteiger partial charge is 0.341 e. The monoisotopic (exact) mass is 395 g/mol. The highest BCUT2D eigenvalue weighted by Gasteiger charge is 2.38. The molecule has 1 unspecified atom stereocenters. The van der Waals surface area contributed by atoms with Gasteiger partial charge in [-0.25, -0.2) is 4.39 Å². The molecule has 4 rings (SSSR count). The lowest BCUT2D eigenvalue weighted by atomic mass is 10.1. The number of hydrogen-bond donors (Lipinski definition) is 0. The number of amides is 2. The molecule has 2 heterocycles. The number of rotatable bonds is 4. The first-order valence-electron chi connectivity index (χ1n) is 10.2. The van der Waals surface area contributed by atoms with Gasteiger partial charge in [-0.1, -0.05) is 42.5 Å². The molecule has 0 saturated carbocycles. The lowest BCUT2D eigenvalue weighted by molar-refractivity contribution is -0.135. The molecule has 0 bridgehead atoms. The molecular formula is C23H26FN3O2. The molecule has 2 fully saturated rings. The zero-order valence-corrected chi connectivity index (χ0v) is 16.5. The van der Waals surface area contributed by atoms with E-state index in [1.54, 1.807) is 18.2 Å². The fourth-order valence-corrected chi connectivity index (χ4v) is 4.23. The number of nitrogens with zero attached hydrogens (tertiary/aromatic N) is 3. The Kier molecular flexibility index (Phi) is 5.90. The van der Waals surface area contributed by atoms with Crippen LogP contribution in [-0.2, 0) is 16.1 Å². The molecule has 0 aliphatic carbocycles. The zero-order valence-electron chi connectivity index (χ0n) is 16.5. The molecule has 2 amide bonds. The van der Waals surface area contributed by atoms with Crippen molar-refractivity contribution in [1.82, 2.24) is 9.80 Å². The van der Waals surface area contributed by atoms with Crippen LogP contribution in [0.25, 0.3) is 0 Å². The first-order chi connectivity index (χ1) is 14.1. The van der Waals surface area contributed by atoms with E-state index in [1.165, 1.54) is 16.5 Å². The van der Waals surface area contributed by atoms with Gasteiger partial charge in [-0.05, 0) is 24.1 Å². The average molecular weight is 395 g/mol. The normalized spacial score (nSPS) is 20.7. The van der Waals surface area contributed by atoms with E-state index >= 15 is 0 Å². The number of carbonyl (C=O) groups excluding carboxylic acids is 2. The first-order valence-corrected chi connectivity index (χ1v) is 10.2. The fourth-order valence-electron chi connectivity index (χ4n) is 4.23. The number of carbonyl (C=O) groups is 2. The van der Waals surface area contributed by atoms with E-state index in [1.807, 2.05) is 23.1 Å². The average Bonchev–Trinajstić information content (AvgIpc) is 2.96. The molecule has 2 saturated heterocycles. The van der Waals surface area contributed by atoms with Crippen LogP contribution in [0.15, 0.2) is 54.6 Å². The van der Waals surface area contributed by atoms with Gasteiger partial charge in [0, 0.05) is 45.7 Å². The molecule has 2 aliphatic rings. The van der Waals surface area contributed by atoms with Gasteiger partial charge in [0.1, 0.15) is 5.82 Å². The van der Waals surface area contributed by atoms with Crippen molar-refractivity contribution in [3.05, 3.63) is 66.0 Å². The molecule has 0 N–H and O–H groups in total. The predicted octanol–water partition coefficient (Wildman–Crippen LogP) is 2.91. The Hall–Kier alpha value is -2.73. The third-order valence-electron chi connectivity index (χ3n) is 5.77. The topological polar surface area (TPSA) is 43.9 Å². The summed E-state index contributed by atoms with van der Waals surface area (Å²) in [6.45, 7) is 4.27. The second-order valence-corrected chi connectivity index (χ2v) is 7.80. The van der Waals surface area contributed by atoms with Crippen molar-refractivity contribution >= 4 is 17.5 Å². The maximum atomic E-state index is 14.1. The number of benzene rings is 2. The van der Waals surface area contributed by atoms with Crippen LogP contribution in [0.4, 0.5) is 10.1 Å². The van der Waals surface area contributed by atoms with Crippen LogP contribution in [0.5, 0.6) is 0 Å². The van der Waals surface area contributed by atoms with E-state index < -0.39 is 11.7 Å². The summed E-state index contributed by atoms with van der Waals surface area (Å²) in [5, 5.41) is 0. The summed E-state index contributed by atoms with van der Waals surface area (Å²) in [7, 11) is 0. The number of hydrogen-bond acceptors (Lipinski definition) is 3. The molecule has 5 nitrogen and oxygen atoms in total. The Labute approximate surface area is 170 Å². The summed E-state index contributed by atoms with van der Waals surface area (Å²) in [5.41, 5.74) is 1.53. The number of anilines is 1. The van der Waals surface area contributed by atoms with E-state index in [2.05, 4.69) is 17.0 Å². The van der Waals surface area contributed by atoms with Crippen LogP contribution in [0.2, 0.25) is 0 Å². The minimum atomic E-state index is -0.430. The van der Waals surface area contributed by atoms with Gasteiger partial charge in [-0.2, -0.15) is 0 Å². The van der Waals surface area contributed by atoms with Crippen LogP contribution in [0, 0.1) is 11.7 Å². The van der Waals surface area contributed by atoms with Gasteiger partial charge in [0.25, 0.3) is 0 Å². The highest BCUT2D eigenvalue weighted by atomic mass is 19.1. The standard InChI is InChI=1S/C23H26FN3O2/c24-20-9-4-5-10-21(20)27-17-19(15-22(27)28)23(29)26-12-6-11-25(13-14-26)16-18-7-2-1-3-8-18/h1-5,7-10,19H,6,11-17H2. The fraction of sp³-hybridized carbons (Fsp3) is 0.391. The predicted molar refractivity (Wildman–Crippen MR) is 110 cm³/mol. The van der Waals surface area contributed by atoms with Gasteiger partial charge >= 0.3 is 0 Å². The minimum absolute atomic E-state index is 0.0127. The van der Waals surface area contributed by atoms with Crippen molar-refractivity contribution in [2.75, 3.05) is 37.6 Å². The molecule has 152 valence electrons. The maximum Gasteiger partial charge on any atom is 0.228 e. The smallest absolute Gasteiger partial charge is 0.228 e. The highest BCUT2D eigenvalue weighted by molar-refractivity contribution is 6.00. The Bertz CT molecular complexity index is 873. The van der Waals surface area contributed by atoms with Gasteiger partial charge in [0.2, 0.25) is 11.8 Å². The Morgan fingerprint density at radius 3 is 2.52 bits per heavy atom. The van der Waals surface area contributed by atoms with E-state index in [9.17, 15) is 14.0 Å². The van der Waals surface area contributed by atoms with Crippen LogP contribution < -0.4 is 4.90 Å². The zero-order chi connectivity index (χ0) is 20.2. The van der Waals surface area contributed by atoms with Gasteiger partial charge < -0.3 is 9.80 Å². The Balaban J connectivity index is 1.36. The second-order valence-electron chi connectivity index (χ2n) is 7.80. The van der Waals surface area contributed by atoms with E-state index in [4.69, 9.17) is 0 Å². The molecular weight excluding hydrogens is 369 g/mol. The van der Waals surface area contributed by atoms with Crippen molar-refractivity contribution in [3.8, 4) is 0 Å². The summed E-state index contributed by atoms with van der Waals surface area (Å²) in [6.07, 6.45) is 1.06. The third-order valence-corrected chi connectivity index (χ3v) is 5.77. The van der Waals surface area contributed by atoms with Crippen LogP contribution in [0.1, 0.15) is 18.4 Å². The van der Waals surface area contributed by atoms with Crippen molar-refractivity contribution in [1.29, 1.82) is 0 Å². The minimum Gasteiger partial charge on any atom is -0.341 e. The van der Waals surface area contributed by atoms with Gasteiger partial charge in [-0.15, -0.1) is 0 Å². The SMILES string of the molecule is O=C(C1CC(=O)N(c2ccccc2F)C1)N1CCCN(Cc2ccccc2)CC1. The van der Waals surface area contributed by atoms with E-state index in [-0.39, 0.29) is 30.5 Å². The van der Waals surface area contributed by atoms with Crippen molar-refractivity contribution < 1.29 is 14.0 Å². The van der Waals surface area contributed by atoms with E-state index in [0.717, 1.165) is 26.1 Å². The van der Waals surface area contributed by atoms with Crippen molar-refractivity contribution in [2.45, 2.75) is 19.4 Å². The lowest BCUT2D eigenvalue weighted by Crippen LogP contribution is -2.40. The molecule has 0 aromatic heterocycles. The Morgan fingerprint density at radius 1 is 0.966 bits per heavy atom.